The summed E-state index contributed by atoms with van der Waals surface area (Å²) in [6.07, 6.45) is 0.532. The normalized spacial score (nSPS) is 22.3. The van der Waals surface area contributed by atoms with Crippen molar-refractivity contribution in [1.29, 1.82) is 0 Å². The maximum atomic E-state index is 12.5. The molecular formula is C14H17BrO4. The number of hydrogen-bond acceptors (Lipinski definition) is 4. The van der Waals surface area contributed by atoms with Crippen LogP contribution in [0.4, 0.5) is 0 Å². The minimum atomic E-state index is -0.380. The summed E-state index contributed by atoms with van der Waals surface area (Å²) in [5.41, 5.74) is 0.522. The molecule has 0 radical (unpaired) electrons. The summed E-state index contributed by atoms with van der Waals surface area (Å²) < 4.78 is 16.7. The monoisotopic (exact) mass is 328 g/mol. The number of rotatable bonds is 4. The van der Waals surface area contributed by atoms with Crippen molar-refractivity contribution in [1.82, 2.24) is 0 Å². The van der Waals surface area contributed by atoms with Crippen LogP contribution in [0, 0.1) is 5.92 Å². The van der Waals surface area contributed by atoms with Gasteiger partial charge in [-0.1, -0.05) is 6.92 Å². The van der Waals surface area contributed by atoms with Gasteiger partial charge >= 0.3 is 0 Å². The van der Waals surface area contributed by atoms with Crippen LogP contribution in [0.1, 0.15) is 23.7 Å². The number of halogens is 1. The molecule has 2 unspecified atom stereocenters. The SMILES string of the molecule is COc1ccc(C(=O)C2OCCC2C)c(OC)c1Br. The molecule has 0 aromatic heterocycles. The molecular weight excluding hydrogens is 312 g/mol. The molecule has 1 saturated heterocycles. The Kier molecular flexibility index (Phi) is 4.47. The van der Waals surface area contributed by atoms with Gasteiger partial charge in [0, 0.05) is 6.61 Å². The average Bonchev–Trinajstić information content (AvgIpc) is 2.83. The van der Waals surface area contributed by atoms with E-state index in [-0.39, 0.29) is 17.8 Å². The van der Waals surface area contributed by atoms with Crippen LogP contribution in [0.15, 0.2) is 16.6 Å². The summed E-state index contributed by atoms with van der Waals surface area (Å²) in [5.74, 6) is 1.32. The molecule has 1 fully saturated rings. The highest BCUT2D eigenvalue weighted by Crippen LogP contribution is 2.38. The van der Waals surface area contributed by atoms with Crippen LogP contribution in [0.5, 0.6) is 11.5 Å². The van der Waals surface area contributed by atoms with Crippen molar-refractivity contribution in [3.63, 3.8) is 0 Å². The van der Waals surface area contributed by atoms with Crippen LogP contribution in [-0.4, -0.2) is 32.7 Å². The fraction of sp³-hybridized carbons (Fsp3) is 0.500. The predicted octanol–water partition coefficient (Wildman–Crippen LogP) is 3.07. The third kappa shape index (κ3) is 2.62. The zero-order valence-corrected chi connectivity index (χ0v) is 12.8. The number of hydrogen-bond donors (Lipinski definition) is 0. The lowest BCUT2D eigenvalue weighted by Gasteiger charge is -2.17. The highest BCUT2D eigenvalue weighted by Gasteiger charge is 2.33. The molecule has 0 bridgehead atoms. The zero-order valence-electron chi connectivity index (χ0n) is 11.2. The van der Waals surface area contributed by atoms with Crippen LogP contribution in [0.3, 0.4) is 0 Å². The van der Waals surface area contributed by atoms with Crippen molar-refractivity contribution >= 4 is 21.7 Å². The van der Waals surface area contributed by atoms with Crippen molar-refractivity contribution < 1.29 is 19.0 Å². The minimum Gasteiger partial charge on any atom is -0.495 e. The van der Waals surface area contributed by atoms with Crippen LogP contribution in [0.2, 0.25) is 0 Å². The molecule has 5 heteroatoms. The number of ketones is 1. The predicted molar refractivity (Wildman–Crippen MR) is 75.1 cm³/mol. The molecule has 0 aliphatic carbocycles. The minimum absolute atomic E-state index is 0.0368. The van der Waals surface area contributed by atoms with Crippen molar-refractivity contribution in [2.45, 2.75) is 19.4 Å². The Morgan fingerprint density at radius 2 is 2.11 bits per heavy atom. The van der Waals surface area contributed by atoms with E-state index in [1.165, 1.54) is 7.11 Å². The third-order valence-electron chi connectivity index (χ3n) is 3.40. The van der Waals surface area contributed by atoms with Gasteiger partial charge in [0.05, 0.1) is 19.8 Å². The van der Waals surface area contributed by atoms with E-state index in [2.05, 4.69) is 15.9 Å². The Bertz CT molecular complexity index is 487. The van der Waals surface area contributed by atoms with Gasteiger partial charge in [0.15, 0.2) is 5.78 Å². The summed E-state index contributed by atoms with van der Waals surface area (Å²) in [7, 11) is 3.11. The maximum Gasteiger partial charge on any atom is 0.195 e. The second-order valence-electron chi connectivity index (χ2n) is 4.58. The molecule has 4 nitrogen and oxygen atoms in total. The second kappa shape index (κ2) is 5.92. The largest absolute Gasteiger partial charge is 0.495 e. The molecule has 0 amide bonds. The Labute approximate surface area is 121 Å². The zero-order chi connectivity index (χ0) is 14.0. The van der Waals surface area contributed by atoms with Crippen LogP contribution in [0.25, 0.3) is 0 Å². The van der Waals surface area contributed by atoms with E-state index in [0.29, 0.717) is 28.1 Å². The number of benzene rings is 1. The molecule has 0 N–H and O–H groups in total. The van der Waals surface area contributed by atoms with Crippen molar-refractivity contribution in [2.75, 3.05) is 20.8 Å². The van der Waals surface area contributed by atoms with E-state index in [1.807, 2.05) is 6.92 Å². The van der Waals surface area contributed by atoms with E-state index in [1.54, 1.807) is 19.2 Å². The van der Waals surface area contributed by atoms with E-state index in [4.69, 9.17) is 14.2 Å². The van der Waals surface area contributed by atoms with Gasteiger partial charge in [0.2, 0.25) is 0 Å². The standard InChI is InChI=1S/C14H17BrO4/c1-8-6-7-19-13(8)12(16)9-4-5-10(17-2)11(15)14(9)18-3/h4-5,8,13H,6-7H2,1-3H3. The average molecular weight is 329 g/mol. The first-order valence-corrected chi connectivity index (χ1v) is 6.95. The number of carbonyl (C=O) groups is 1. The number of methoxy groups -OCH3 is 2. The number of Topliss-reactive ketones (excluding diaryl/α,β-unsaturated/α-hetero) is 1. The van der Waals surface area contributed by atoms with E-state index in [0.717, 1.165) is 6.42 Å². The smallest absolute Gasteiger partial charge is 0.195 e. The molecule has 1 heterocycles. The summed E-state index contributed by atoms with van der Waals surface area (Å²) >= 11 is 3.40. The highest BCUT2D eigenvalue weighted by atomic mass is 79.9. The Balaban J connectivity index is 2.39. The van der Waals surface area contributed by atoms with E-state index in [9.17, 15) is 4.79 Å². The maximum absolute atomic E-state index is 12.5. The molecule has 1 aromatic rings. The van der Waals surface area contributed by atoms with Gasteiger partial charge in [-0.25, -0.2) is 0 Å². The Morgan fingerprint density at radius 3 is 2.63 bits per heavy atom. The van der Waals surface area contributed by atoms with Crippen LogP contribution >= 0.6 is 15.9 Å². The lowest BCUT2D eigenvalue weighted by Crippen LogP contribution is -2.25. The van der Waals surface area contributed by atoms with Crippen LogP contribution < -0.4 is 9.47 Å². The fourth-order valence-electron chi connectivity index (χ4n) is 2.27. The number of ether oxygens (including phenoxy) is 3. The van der Waals surface area contributed by atoms with Crippen LogP contribution in [-0.2, 0) is 4.74 Å². The molecule has 1 aromatic carbocycles. The molecule has 104 valence electrons. The number of carbonyl (C=O) groups excluding carboxylic acids is 1. The van der Waals surface area contributed by atoms with Gasteiger partial charge in [-0.3, -0.25) is 4.79 Å². The van der Waals surface area contributed by atoms with Crippen molar-refractivity contribution in [2.24, 2.45) is 5.92 Å². The van der Waals surface area contributed by atoms with Gasteiger partial charge in [-0.05, 0) is 40.4 Å². The molecule has 0 spiro atoms. The topological polar surface area (TPSA) is 44.8 Å². The summed E-state index contributed by atoms with van der Waals surface area (Å²) in [4.78, 5) is 12.5. The molecule has 1 aliphatic rings. The lowest BCUT2D eigenvalue weighted by molar-refractivity contribution is 0.0576. The van der Waals surface area contributed by atoms with Gasteiger partial charge in [0.25, 0.3) is 0 Å². The van der Waals surface area contributed by atoms with E-state index >= 15 is 0 Å². The molecule has 2 rings (SSSR count). The summed E-state index contributed by atoms with van der Waals surface area (Å²) in [6, 6.07) is 3.47. The van der Waals surface area contributed by atoms with Crippen molar-refractivity contribution in [3.05, 3.63) is 22.2 Å². The van der Waals surface area contributed by atoms with Gasteiger partial charge in [-0.15, -0.1) is 0 Å². The van der Waals surface area contributed by atoms with Gasteiger partial charge < -0.3 is 14.2 Å². The first kappa shape index (κ1) is 14.3. The van der Waals surface area contributed by atoms with Crippen molar-refractivity contribution in [3.8, 4) is 11.5 Å². The van der Waals surface area contributed by atoms with Gasteiger partial charge in [0.1, 0.15) is 22.1 Å². The first-order chi connectivity index (χ1) is 9.10. The van der Waals surface area contributed by atoms with Gasteiger partial charge in [-0.2, -0.15) is 0 Å². The fourth-order valence-corrected chi connectivity index (χ4v) is 2.94. The molecule has 1 aliphatic heterocycles. The molecule has 0 saturated carbocycles. The summed E-state index contributed by atoms with van der Waals surface area (Å²) in [5, 5.41) is 0. The Morgan fingerprint density at radius 1 is 1.37 bits per heavy atom. The third-order valence-corrected chi connectivity index (χ3v) is 4.15. The van der Waals surface area contributed by atoms with E-state index < -0.39 is 0 Å². The second-order valence-corrected chi connectivity index (χ2v) is 5.38. The molecule has 2 atom stereocenters. The highest BCUT2D eigenvalue weighted by molar-refractivity contribution is 9.10. The Hall–Kier alpha value is -1.07. The summed E-state index contributed by atoms with van der Waals surface area (Å²) in [6.45, 7) is 2.66. The first-order valence-electron chi connectivity index (χ1n) is 6.16. The lowest BCUT2D eigenvalue weighted by atomic mass is 9.95. The molecule has 19 heavy (non-hydrogen) atoms. The quantitative estimate of drug-likeness (QED) is 0.797.